The zero-order valence-corrected chi connectivity index (χ0v) is 15.7. The van der Waals surface area contributed by atoms with Crippen LogP contribution in [0.25, 0.3) is 11.5 Å². The van der Waals surface area contributed by atoms with Crippen LogP contribution < -0.4 is 5.32 Å². The van der Waals surface area contributed by atoms with Crippen LogP contribution in [0.5, 0.6) is 0 Å². The second-order valence-electron chi connectivity index (χ2n) is 5.52. The van der Waals surface area contributed by atoms with Crippen LogP contribution in [0.3, 0.4) is 0 Å². The van der Waals surface area contributed by atoms with Crippen LogP contribution in [0.15, 0.2) is 46.0 Å². The number of non-ortho nitro benzene ring substituents is 1. The van der Waals surface area contributed by atoms with Gasteiger partial charge in [0.15, 0.2) is 0 Å². The highest BCUT2D eigenvalue weighted by molar-refractivity contribution is 7.98. The molecule has 0 saturated heterocycles. The standard InChI is InChI=1S/C17H15N5O5S/c1-10-14(15-20-21-17(27-15)28-2)8-5-12(18-10)9-26-16(23)19-11-3-6-13(7-4-11)22(24)25/h3-8H,9H2,1-2H3,(H,19,23). The van der Waals surface area contributed by atoms with Crippen molar-refractivity contribution < 1.29 is 18.9 Å². The summed E-state index contributed by atoms with van der Waals surface area (Å²) in [7, 11) is 0. The van der Waals surface area contributed by atoms with Crippen LogP contribution in [0.1, 0.15) is 11.4 Å². The lowest BCUT2D eigenvalue weighted by Gasteiger charge is -2.08. The van der Waals surface area contributed by atoms with E-state index in [0.717, 1.165) is 0 Å². The SMILES string of the molecule is CSc1nnc(-c2ccc(COC(=O)Nc3ccc([N+](=O)[O-])cc3)nc2C)o1. The Morgan fingerprint density at radius 3 is 2.61 bits per heavy atom. The van der Waals surface area contributed by atoms with Crippen molar-refractivity contribution in [2.24, 2.45) is 0 Å². The molecule has 0 unspecified atom stereocenters. The summed E-state index contributed by atoms with van der Waals surface area (Å²) < 4.78 is 10.6. The molecule has 1 aromatic carbocycles. The molecule has 10 nitrogen and oxygen atoms in total. The summed E-state index contributed by atoms with van der Waals surface area (Å²) in [6.45, 7) is 1.75. The van der Waals surface area contributed by atoms with Crippen molar-refractivity contribution in [2.75, 3.05) is 11.6 Å². The van der Waals surface area contributed by atoms with E-state index in [1.54, 1.807) is 19.1 Å². The van der Waals surface area contributed by atoms with E-state index < -0.39 is 11.0 Å². The minimum absolute atomic E-state index is 0.0418. The molecule has 0 atom stereocenters. The van der Waals surface area contributed by atoms with Gasteiger partial charge in [-0.3, -0.25) is 20.4 Å². The first-order valence-electron chi connectivity index (χ1n) is 7.99. The van der Waals surface area contributed by atoms with Gasteiger partial charge in [-0.1, -0.05) is 11.8 Å². The molecular weight excluding hydrogens is 386 g/mol. The predicted molar refractivity (Wildman–Crippen MR) is 101 cm³/mol. The summed E-state index contributed by atoms with van der Waals surface area (Å²) in [5, 5.41) is 21.4. The summed E-state index contributed by atoms with van der Waals surface area (Å²) in [6, 6.07) is 8.89. The van der Waals surface area contributed by atoms with Crippen LogP contribution >= 0.6 is 11.8 Å². The van der Waals surface area contributed by atoms with Crippen molar-refractivity contribution in [3.63, 3.8) is 0 Å². The van der Waals surface area contributed by atoms with E-state index in [1.165, 1.54) is 36.0 Å². The Bertz CT molecular complexity index is 1010. The van der Waals surface area contributed by atoms with Crippen molar-refractivity contribution in [3.8, 4) is 11.5 Å². The van der Waals surface area contributed by atoms with Gasteiger partial charge in [-0.25, -0.2) is 4.79 Å². The van der Waals surface area contributed by atoms with Gasteiger partial charge in [0.2, 0.25) is 0 Å². The maximum atomic E-state index is 11.9. The number of nitrogens with one attached hydrogen (secondary N) is 1. The number of pyridine rings is 1. The summed E-state index contributed by atoms with van der Waals surface area (Å²) in [5.74, 6) is 0.373. The third-order valence-electron chi connectivity index (χ3n) is 3.63. The van der Waals surface area contributed by atoms with Crippen LogP contribution in [0.2, 0.25) is 0 Å². The van der Waals surface area contributed by atoms with Gasteiger partial charge >= 0.3 is 6.09 Å². The summed E-state index contributed by atoms with van der Waals surface area (Å²) in [4.78, 5) is 26.4. The normalized spacial score (nSPS) is 10.5. The maximum absolute atomic E-state index is 11.9. The zero-order valence-electron chi connectivity index (χ0n) is 14.9. The molecular formula is C17H15N5O5S. The Morgan fingerprint density at radius 1 is 1.25 bits per heavy atom. The molecule has 0 spiro atoms. The Labute approximate surface area is 163 Å². The van der Waals surface area contributed by atoms with Crippen LogP contribution in [0.4, 0.5) is 16.2 Å². The third-order valence-corrected chi connectivity index (χ3v) is 4.14. The van der Waals surface area contributed by atoms with Crippen LogP contribution in [0, 0.1) is 17.0 Å². The van der Waals surface area contributed by atoms with Gasteiger partial charge in [0, 0.05) is 17.8 Å². The van der Waals surface area contributed by atoms with Crippen molar-refractivity contribution >= 4 is 29.2 Å². The fourth-order valence-corrected chi connectivity index (χ4v) is 2.57. The van der Waals surface area contributed by atoms with Gasteiger partial charge in [-0.2, -0.15) is 0 Å². The Balaban J connectivity index is 1.58. The van der Waals surface area contributed by atoms with Crippen LogP contribution in [-0.2, 0) is 11.3 Å². The molecule has 3 rings (SSSR count). The fourth-order valence-electron chi connectivity index (χ4n) is 2.28. The number of carbonyl (C=O) groups excluding carboxylic acids is 1. The lowest BCUT2D eigenvalue weighted by molar-refractivity contribution is -0.384. The number of thioether (sulfide) groups is 1. The van der Waals surface area contributed by atoms with Gasteiger partial charge in [0.05, 0.1) is 21.9 Å². The summed E-state index contributed by atoms with van der Waals surface area (Å²) in [5.41, 5.74) is 2.23. The molecule has 0 aliphatic rings. The topological polar surface area (TPSA) is 133 Å². The number of rotatable bonds is 6. The van der Waals surface area contributed by atoms with E-state index in [1.807, 2.05) is 6.26 Å². The third kappa shape index (κ3) is 4.62. The number of nitro groups is 1. The number of anilines is 1. The minimum Gasteiger partial charge on any atom is -0.443 e. The molecule has 2 heterocycles. The van der Waals surface area contributed by atoms with Gasteiger partial charge in [-0.05, 0) is 37.4 Å². The number of nitro benzene ring substituents is 1. The van der Waals surface area contributed by atoms with E-state index in [4.69, 9.17) is 9.15 Å². The van der Waals surface area contributed by atoms with E-state index in [0.29, 0.717) is 33.8 Å². The second kappa shape index (κ2) is 8.48. The highest BCUT2D eigenvalue weighted by Crippen LogP contribution is 2.24. The van der Waals surface area contributed by atoms with Gasteiger partial charge in [0.1, 0.15) is 6.61 Å². The fraction of sp³-hybridized carbons (Fsp3) is 0.176. The predicted octanol–water partition coefficient (Wildman–Crippen LogP) is 3.82. The molecule has 1 amide bonds. The Kier molecular flexibility index (Phi) is 5.84. The number of hydrogen-bond acceptors (Lipinski definition) is 9. The molecule has 0 aliphatic carbocycles. The van der Waals surface area contributed by atoms with Gasteiger partial charge in [0.25, 0.3) is 16.8 Å². The molecule has 28 heavy (non-hydrogen) atoms. The van der Waals surface area contributed by atoms with Gasteiger partial charge in [-0.15, -0.1) is 10.2 Å². The number of aromatic nitrogens is 3. The number of aryl methyl sites for hydroxylation is 1. The number of benzene rings is 1. The monoisotopic (exact) mass is 401 g/mol. The molecule has 144 valence electrons. The van der Waals surface area contributed by atoms with Gasteiger partial charge < -0.3 is 9.15 Å². The molecule has 3 aromatic rings. The Morgan fingerprint density at radius 2 is 2.00 bits per heavy atom. The lowest BCUT2D eigenvalue weighted by atomic mass is 10.2. The highest BCUT2D eigenvalue weighted by atomic mass is 32.2. The number of ether oxygens (including phenoxy) is 1. The molecule has 11 heteroatoms. The van der Waals surface area contributed by atoms with E-state index in [2.05, 4.69) is 20.5 Å². The molecule has 0 fully saturated rings. The molecule has 0 bridgehead atoms. The molecule has 0 radical (unpaired) electrons. The van der Waals surface area contributed by atoms with Crippen LogP contribution in [-0.4, -0.2) is 32.5 Å². The van der Waals surface area contributed by atoms with Crippen molar-refractivity contribution in [1.29, 1.82) is 0 Å². The number of hydrogen-bond donors (Lipinski definition) is 1. The molecule has 0 saturated carbocycles. The number of amides is 1. The second-order valence-corrected chi connectivity index (χ2v) is 6.28. The quantitative estimate of drug-likeness (QED) is 0.371. The molecule has 2 aromatic heterocycles. The molecule has 0 aliphatic heterocycles. The lowest BCUT2D eigenvalue weighted by Crippen LogP contribution is -2.14. The van der Waals surface area contributed by atoms with Crippen molar-refractivity contribution in [3.05, 3.63) is 57.9 Å². The zero-order chi connectivity index (χ0) is 20.1. The van der Waals surface area contributed by atoms with E-state index in [-0.39, 0.29) is 12.3 Å². The average molecular weight is 401 g/mol. The largest absolute Gasteiger partial charge is 0.443 e. The van der Waals surface area contributed by atoms with E-state index in [9.17, 15) is 14.9 Å². The first-order chi connectivity index (χ1) is 13.5. The van der Waals surface area contributed by atoms with Crippen molar-refractivity contribution in [2.45, 2.75) is 18.8 Å². The average Bonchev–Trinajstić information content (AvgIpc) is 3.16. The first-order valence-corrected chi connectivity index (χ1v) is 9.21. The number of nitrogens with zero attached hydrogens (tertiary/aromatic N) is 4. The molecule has 1 N–H and O–H groups in total. The first kappa shape index (κ1) is 19.3. The van der Waals surface area contributed by atoms with Crippen molar-refractivity contribution in [1.82, 2.24) is 15.2 Å². The number of carbonyl (C=O) groups is 1. The summed E-state index contributed by atoms with van der Waals surface area (Å²) in [6.07, 6.45) is 1.14. The minimum atomic E-state index is -0.695. The smallest absolute Gasteiger partial charge is 0.412 e. The Hall–Kier alpha value is -3.47. The summed E-state index contributed by atoms with van der Waals surface area (Å²) >= 11 is 1.35. The van der Waals surface area contributed by atoms with E-state index >= 15 is 0 Å². The maximum Gasteiger partial charge on any atom is 0.412 e. The highest BCUT2D eigenvalue weighted by Gasteiger charge is 2.13.